The molecule has 1 fully saturated rings. The highest BCUT2D eigenvalue weighted by atomic mass is 35.5. The minimum absolute atomic E-state index is 0.0676. The molecule has 2 aromatic carbocycles. The number of carbonyl (C=O) groups excluding carboxylic acids is 2. The van der Waals surface area contributed by atoms with Gasteiger partial charge in [0.2, 0.25) is 0 Å². The van der Waals surface area contributed by atoms with E-state index in [1.54, 1.807) is 53.4 Å². The SMILES string of the molecule is CC(C)(C)OC(=O)N1CC(Oc2ccc(NC(=O)c3ccc(Cl)cc3)cc2)C1. The summed E-state index contributed by atoms with van der Waals surface area (Å²) in [5, 5.41) is 3.41. The van der Waals surface area contributed by atoms with E-state index in [1.165, 1.54) is 0 Å². The number of hydrogen-bond acceptors (Lipinski definition) is 4. The van der Waals surface area contributed by atoms with Crippen LogP contribution in [-0.2, 0) is 4.74 Å². The minimum atomic E-state index is -0.505. The van der Waals surface area contributed by atoms with E-state index >= 15 is 0 Å². The Morgan fingerprint density at radius 3 is 2.21 bits per heavy atom. The lowest BCUT2D eigenvalue weighted by Crippen LogP contribution is -2.57. The number of ether oxygens (including phenoxy) is 2. The van der Waals surface area contributed by atoms with Crippen LogP contribution < -0.4 is 10.1 Å². The lowest BCUT2D eigenvalue weighted by Gasteiger charge is -2.39. The summed E-state index contributed by atoms with van der Waals surface area (Å²) < 4.78 is 11.2. The Bertz CT molecular complexity index is 838. The van der Waals surface area contributed by atoms with Crippen molar-refractivity contribution < 1.29 is 19.1 Å². The first-order valence-electron chi connectivity index (χ1n) is 9.01. The number of hydrogen-bond donors (Lipinski definition) is 1. The molecule has 1 aliphatic rings. The van der Waals surface area contributed by atoms with E-state index in [4.69, 9.17) is 21.1 Å². The van der Waals surface area contributed by atoms with E-state index in [1.807, 2.05) is 20.8 Å². The zero-order chi connectivity index (χ0) is 20.3. The number of rotatable bonds is 4. The summed E-state index contributed by atoms with van der Waals surface area (Å²) in [7, 11) is 0. The first-order chi connectivity index (χ1) is 13.2. The zero-order valence-corrected chi connectivity index (χ0v) is 16.8. The van der Waals surface area contributed by atoms with Gasteiger partial charge < -0.3 is 19.7 Å². The maximum absolute atomic E-state index is 12.2. The molecule has 6 nitrogen and oxygen atoms in total. The molecule has 0 saturated carbocycles. The summed E-state index contributed by atoms with van der Waals surface area (Å²) in [5.41, 5.74) is 0.688. The second-order valence-electron chi connectivity index (χ2n) is 7.61. The molecule has 0 aliphatic carbocycles. The normalized spacial score (nSPS) is 14.2. The summed E-state index contributed by atoms with van der Waals surface area (Å²) in [6.45, 7) is 6.50. The number of carbonyl (C=O) groups is 2. The van der Waals surface area contributed by atoms with Crippen LogP contribution in [0.3, 0.4) is 0 Å². The van der Waals surface area contributed by atoms with E-state index in [0.717, 1.165) is 0 Å². The summed E-state index contributed by atoms with van der Waals surface area (Å²) in [6, 6.07) is 13.8. The number of nitrogens with zero attached hydrogens (tertiary/aromatic N) is 1. The molecule has 2 aromatic rings. The third-order valence-corrected chi connectivity index (χ3v) is 4.27. The van der Waals surface area contributed by atoms with Crippen molar-refractivity contribution in [3.63, 3.8) is 0 Å². The Morgan fingerprint density at radius 2 is 1.64 bits per heavy atom. The van der Waals surface area contributed by atoms with Crippen molar-refractivity contribution in [3.8, 4) is 5.75 Å². The second kappa shape index (κ2) is 8.10. The predicted octanol–water partition coefficient (Wildman–Crippen LogP) is 4.59. The van der Waals surface area contributed by atoms with Crippen LogP contribution in [0.25, 0.3) is 0 Å². The van der Waals surface area contributed by atoms with Crippen molar-refractivity contribution >= 4 is 29.3 Å². The molecule has 0 spiro atoms. The van der Waals surface area contributed by atoms with Crippen LogP contribution in [0.2, 0.25) is 5.02 Å². The Morgan fingerprint density at radius 1 is 1.04 bits per heavy atom. The van der Waals surface area contributed by atoms with Gasteiger partial charge in [0.15, 0.2) is 0 Å². The van der Waals surface area contributed by atoms with Gasteiger partial charge >= 0.3 is 6.09 Å². The van der Waals surface area contributed by atoms with Gasteiger partial charge in [-0.1, -0.05) is 11.6 Å². The van der Waals surface area contributed by atoms with Crippen LogP contribution in [0.5, 0.6) is 5.75 Å². The number of nitrogens with one attached hydrogen (secondary N) is 1. The van der Waals surface area contributed by atoms with Gasteiger partial charge in [-0.05, 0) is 69.3 Å². The van der Waals surface area contributed by atoms with Crippen molar-refractivity contribution in [2.45, 2.75) is 32.5 Å². The smallest absolute Gasteiger partial charge is 0.410 e. The topological polar surface area (TPSA) is 67.9 Å². The number of likely N-dealkylation sites (tertiary alicyclic amines) is 1. The summed E-state index contributed by atoms with van der Waals surface area (Å²) in [6.07, 6.45) is -0.394. The molecule has 0 unspecified atom stereocenters. The average Bonchev–Trinajstić information content (AvgIpc) is 2.58. The molecule has 0 atom stereocenters. The molecular formula is C21H23ClN2O4. The van der Waals surface area contributed by atoms with E-state index in [0.29, 0.717) is 35.1 Å². The first kappa shape index (κ1) is 20.0. The van der Waals surface area contributed by atoms with E-state index in [-0.39, 0.29) is 18.1 Å². The highest BCUT2D eigenvalue weighted by molar-refractivity contribution is 6.30. The molecule has 1 N–H and O–H groups in total. The Kier molecular flexibility index (Phi) is 5.79. The summed E-state index contributed by atoms with van der Waals surface area (Å²) in [5.74, 6) is 0.468. The van der Waals surface area contributed by atoms with Crippen molar-refractivity contribution in [3.05, 3.63) is 59.1 Å². The summed E-state index contributed by atoms with van der Waals surface area (Å²) in [4.78, 5) is 25.7. The highest BCUT2D eigenvalue weighted by Gasteiger charge is 2.35. The zero-order valence-electron chi connectivity index (χ0n) is 16.1. The molecule has 1 saturated heterocycles. The van der Waals surface area contributed by atoms with Crippen LogP contribution in [-0.4, -0.2) is 41.7 Å². The van der Waals surface area contributed by atoms with Crippen molar-refractivity contribution in [1.82, 2.24) is 4.90 Å². The van der Waals surface area contributed by atoms with Crippen LogP contribution in [0.4, 0.5) is 10.5 Å². The Hall–Kier alpha value is -2.73. The molecule has 0 bridgehead atoms. The van der Waals surface area contributed by atoms with Gasteiger partial charge in [0, 0.05) is 16.3 Å². The molecule has 1 heterocycles. The fraction of sp³-hybridized carbons (Fsp3) is 0.333. The fourth-order valence-electron chi connectivity index (χ4n) is 2.60. The number of anilines is 1. The predicted molar refractivity (Wildman–Crippen MR) is 108 cm³/mol. The Labute approximate surface area is 169 Å². The highest BCUT2D eigenvalue weighted by Crippen LogP contribution is 2.22. The third-order valence-electron chi connectivity index (χ3n) is 4.02. The molecule has 3 rings (SSSR count). The van der Waals surface area contributed by atoms with Crippen LogP contribution in [0.1, 0.15) is 31.1 Å². The van der Waals surface area contributed by atoms with Gasteiger partial charge in [-0.15, -0.1) is 0 Å². The van der Waals surface area contributed by atoms with Gasteiger partial charge in [-0.2, -0.15) is 0 Å². The number of benzene rings is 2. The molecule has 0 aromatic heterocycles. The monoisotopic (exact) mass is 402 g/mol. The average molecular weight is 403 g/mol. The molecule has 2 amide bonds. The van der Waals surface area contributed by atoms with Gasteiger partial charge in [-0.3, -0.25) is 4.79 Å². The van der Waals surface area contributed by atoms with Crippen molar-refractivity contribution in [2.24, 2.45) is 0 Å². The van der Waals surface area contributed by atoms with Crippen molar-refractivity contribution in [1.29, 1.82) is 0 Å². The number of amides is 2. The molecule has 28 heavy (non-hydrogen) atoms. The maximum Gasteiger partial charge on any atom is 0.410 e. The molecule has 1 aliphatic heterocycles. The molecule has 148 valence electrons. The standard InChI is InChI=1S/C21H23ClN2O4/c1-21(2,3)28-20(26)24-12-18(13-24)27-17-10-8-16(9-11-17)23-19(25)14-4-6-15(22)7-5-14/h4-11,18H,12-13H2,1-3H3,(H,23,25). The van der Waals surface area contributed by atoms with E-state index < -0.39 is 5.60 Å². The van der Waals surface area contributed by atoms with Crippen LogP contribution >= 0.6 is 11.6 Å². The quantitative estimate of drug-likeness (QED) is 0.812. The van der Waals surface area contributed by atoms with Crippen molar-refractivity contribution in [2.75, 3.05) is 18.4 Å². The van der Waals surface area contributed by atoms with Gasteiger partial charge in [0.1, 0.15) is 17.5 Å². The third kappa shape index (κ3) is 5.39. The van der Waals surface area contributed by atoms with Gasteiger partial charge in [0.05, 0.1) is 13.1 Å². The largest absolute Gasteiger partial charge is 0.487 e. The van der Waals surface area contributed by atoms with Crippen LogP contribution in [0.15, 0.2) is 48.5 Å². The fourth-order valence-corrected chi connectivity index (χ4v) is 2.73. The maximum atomic E-state index is 12.2. The molecular weight excluding hydrogens is 380 g/mol. The summed E-state index contributed by atoms with van der Waals surface area (Å²) >= 11 is 5.83. The minimum Gasteiger partial charge on any atom is -0.487 e. The first-order valence-corrected chi connectivity index (χ1v) is 9.39. The second-order valence-corrected chi connectivity index (χ2v) is 8.05. The molecule has 0 radical (unpaired) electrons. The van der Waals surface area contributed by atoms with Crippen LogP contribution in [0, 0.1) is 0 Å². The van der Waals surface area contributed by atoms with Gasteiger partial charge in [-0.25, -0.2) is 4.79 Å². The lowest BCUT2D eigenvalue weighted by atomic mass is 10.1. The lowest BCUT2D eigenvalue weighted by molar-refractivity contribution is -0.0221. The Balaban J connectivity index is 1.47. The van der Waals surface area contributed by atoms with E-state index in [9.17, 15) is 9.59 Å². The van der Waals surface area contributed by atoms with E-state index in [2.05, 4.69) is 5.32 Å². The van der Waals surface area contributed by atoms with Gasteiger partial charge in [0.25, 0.3) is 5.91 Å². The number of halogens is 1. The molecule has 7 heteroatoms.